The van der Waals surface area contributed by atoms with Crippen LogP contribution in [0.15, 0.2) is 36.5 Å². The van der Waals surface area contributed by atoms with Crippen LogP contribution in [0.4, 0.5) is 0 Å². The van der Waals surface area contributed by atoms with Crippen LogP contribution in [0.3, 0.4) is 0 Å². The minimum absolute atomic E-state index is 0.196. The zero-order valence-electron chi connectivity index (χ0n) is 34.9. The number of phosphoric acid groups is 1. The van der Waals surface area contributed by atoms with Crippen molar-refractivity contribution in [2.75, 3.05) is 13.2 Å². The fourth-order valence-corrected chi connectivity index (χ4v) is 6.65. The molecule has 316 valence electrons. The lowest BCUT2D eigenvalue weighted by Gasteiger charge is -2.18. The van der Waals surface area contributed by atoms with Crippen LogP contribution in [-0.2, 0) is 28.2 Å². The molecule has 8 nitrogen and oxygen atoms in total. The Morgan fingerprint density at radius 1 is 0.481 bits per heavy atom. The standard InChI is InChI=1S/C45H83O8P/c1-3-5-7-9-11-13-15-17-18-19-20-21-22-23-24-25-26-28-29-31-33-35-37-39-44(46)51-41-43(42-52-54(48,49)50)53-45(47)40-38-36-34-32-30-27-16-14-12-10-8-6-4-2/h8,10,14,16,19-20,43H,3-7,9,11-13,15,17-18,21-42H2,1-2H3,(H2,48,49,50)/b10-8-,16-14-,20-19-. The van der Waals surface area contributed by atoms with Crippen molar-refractivity contribution in [3.8, 4) is 0 Å². The van der Waals surface area contributed by atoms with E-state index in [1.807, 2.05) is 0 Å². The number of carbonyl (C=O) groups excluding carboxylic acids is 2. The maximum Gasteiger partial charge on any atom is 0.469 e. The first-order valence-corrected chi connectivity index (χ1v) is 23.8. The molecule has 0 spiro atoms. The van der Waals surface area contributed by atoms with Gasteiger partial charge in [-0.1, -0.05) is 179 Å². The summed E-state index contributed by atoms with van der Waals surface area (Å²) < 4.78 is 26.4. The van der Waals surface area contributed by atoms with Crippen LogP contribution in [0.1, 0.15) is 219 Å². The Balaban J connectivity index is 3.83. The molecular weight excluding hydrogens is 699 g/mol. The Hall–Kier alpha value is -1.73. The zero-order valence-corrected chi connectivity index (χ0v) is 35.8. The predicted molar refractivity (Wildman–Crippen MR) is 225 cm³/mol. The summed E-state index contributed by atoms with van der Waals surface area (Å²) in [6, 6.07) is 0. The van der Waals surface area contributed by atoms with Gasteiger partial charge in [0.1, 0.15) is 6.61 Å². The fourth-order valence-electron chi connectivity index (χ4n) is 6.29. The summed E-state index contributed by atoms with van der Waals surface area (Å²) in [6.45, 7) is 3.62. The number of phosphoric ester groups is 1. The van der Waals surface area contributed by atoms with Crippen LogP contribution in [-0.4, -0.2) is 41.0 Å². The minimum atomic E-state index is -4.76. The molecule has 0 aliphatic rings. The molecule has 0 aromatic carbocycles. The van der Waals surface area contributed by atoms with Crippen molar-refractivity contribution in [2.24, 2.45) is 0 Å². The lowest BCUT2D eigenvalue weighted by molar-refractivity contribution is -0.161. The number of esters is 2. The van der Waals surface area contributed by atoms with Crippen molar-refractivity contribution in [2.45, 2.75) is 225 Å². The molecule has 0 aliphatic heterocycles. The van der Waals surface area contributed by atoms with Crippen LogP contribution in [0, 0.1) is 0 Å². The highest BCUT2D eigenvalue weighted by Crippen LogP contribution is 2.36. The van der Waals surface area contributed by atoms with Gasteiger partial charge in [-0.05, 0) is 64.2 Å². The number of hydrogen-bond acceptors (Lipinski definition) is 6. The van der Waals surface area contributed by atoms with E-state index in [4.69, 9.17) is 19.3 Å². The van der Waals surface area contributed by atoms with E-state index in [2.05, 4.69) is 54.8 Å². The Morgan fingerprint density at radius 3 is 1.31 bits per heavy atom. The van der Waals surface area contributed by atoms with E-state index in [0.717, 1.165) is 64.2 Å². The molecule has 0 bridgehead atoms. The van der Waals surface area contributed by atoms with Crippen molar-refractivity contribution in [1.82, 2.24) is 0 Å². The second-order valence-corrected chi connectivity index (χ2v) is 16.3. The van der Waals surface area contributed by atoms with Gasteiger partial charge in [-0.3, -0.25) is 14.1 Å². The molecule has 0 fully saturated rings. The molecule has 54 heavy (non-hydrogen) atoms. The van der Waals surface area contributed by atoms with Crippen LogP contribution >= 0.6 is 7.82 Å². The van der Waals surface area contributed by atoms with Gasteiger partial charge in [0.05, 0.1) is 6.61 Å². The van der Waals surface area contributed by atoms with E-state index in [0.29, 0.717) is 6.42 Å². The van der Waals surface area contributed by atoms with Gasteiger partial charge in [0.2, 0.25) is 0 Å². The SMILES string of the molecule is CCC/C=C\C/C=C\CCCCCCCC(=O)OC(COC(=O)CCCCCCCCCCCCC/C=C\CCCCCCCCCC)COP(=O)(O)O. The molecular formula is C45H83O8P. The first-order chi connectivity index (χ1) is 26.3. The molecule has 0 rings (SSSR count). The number of carbonyl (C=O) groups is 2. The lowest BCUT2D eigenvalue weighted by atomic mass is 10.0. The number of hydrogen-bond donors (Lipinski definition) is 2. The number of unbranched alkanes of at least 4 members (excludes halogenated alkanes) is 25. The maximum absolute atomic E-state index is 12.4. The third-order valence-electron chi connectivity index (χ3n) is 9.61. The molecule has 0 aromatic heterocycles. The van der Waals surface area contributed by atoms with Crippen molar-refractivity contribution < 1.29 is 37.9 Å². The summed E-state index contributed by atoms with van der Waals surface area (Å²) in [6.07, 6.45) is 48.8. The maximum atomic E-state index is 12.4. The van der Waals surface area contributed by atoms with E-state index >= 15 is 0 Å². The first-order valence-electron chi connectivity index (χ1n) is 22.3. The fraction of sp³-hybridized carbons (Fsp3) is 0.822. The smallest absolute Gasteiger partial charge is 0.462 e. The minimum Gasteiger partial charge on any atom is -0.462 e. The number of ether oxygens (including phenoxy) is 2. The molecule has 0 radical (unpaired) electrons. The van der Waals surface area contributed by atoms with E-state index in [9.17, 15) is 14.2 Å². The van der Waals surface area contributed by atoms with Gasteiger partial charge < -0.3 is 19.3 Å². The van der Waals surface area contributed by atoms with Gasteiger partial charge in [0.15, 0.2) is 6.10 Å². The summed E-state index contributed by atoms with van der Waals surface area (Å²) >= 11 is 0. The second kappa shape index (κ2) is 40.9. The van der Waals surface area contributed by atoms with Crippen LogP contribution < -0.4 is 0 Å². The predicted octanol–water partition coefficient (Wildman–Crippen LogP) is 13.7. The molecule has 0 aromatic rings. The Labute approximate surface area is 332 Å². The van der Waals surface area contributed by atoms with E-state index in [-0.39, 0.29) is 19.4 Å². The van der Waals surface area contributed by atoms with Gasteiger partial charge in [-0.2, -0.15) is 0 Å². The summed E-state index contributed by atoms with van der Waals surface area (Å²) in [5.41, 5.74) is 0. The first kappa shape index (κ1) is 52.3. The van der Waals surface area contributed by atoms with E-state index < -0.39 is 32.5 Å². The van der Waals surface area contributed by atoms with Gasteiger partial charge in [0.25, 0.3) is 0 Å². The Kier molecular flexibility index (Phi) is 39.6. The molecule has 0 heterocycles. The molecule has 0 saturated heterocycles. The highest BCUT2D eigenvalue weighted by molar-refractivity contribution is 7.46. The summed E-state index contributed by atoms with van der Waals surface area (Å²) in [5, 5.41) is 0. The Morgan fingerprint density at radius 2 is 0.870 bits per heavy atom. The third-order valence-corrected chi connectivity index (χ3v) is 10.1. The molecule has 1 atom stereocenters. The van der Waals surface area contributed by atoms with Crippen LogP contribution in [0.5, 0.6) is 0 Å². The molecule has 2 N–H and O–H groups in total. The topological polar surface area (TPSA) is 119 Å². The van der Waals surface area contributed by atoms with Crippen molar-refractivity contribution >= 4 is 19.8 Å². The summed E-state index contributed by atoms with van der Waals surface area (Å²) in [4.78, 5) is 42.9. The second-order valence-electron chi connectivity index (χ2n) is 15.0. The Bertz CT molecular complexity index is 973. The van der Waals surface area contributed by atoms with Gasteiger partial charge in [0, 0.05) is 12.8 Å². The third kappa shape index (κ3) is 43.0. The zero-order chi connectivity index (χ0) is 39.6. The van der Waals surface area contributed by atoms with Crippen molar-refractivity contribution in [3.05, 3.63) is 36.5 Å². The number of rotatable bonds is 41. The molecule has 9 heteroatoms. The molecule has 1 unspecified atom stereocenters. The van der Waals surface area contributed by atoms with Crippen molar-refractivity contribution in [1.29, 1.82) is 0 Å². The van der Waals surface area contributed by atoms with E-state index in [1.54, 1.807) is 0 Å². The van der Waals surface area contributed by atoms with Crippen LogP contribution in [0.2, 0.25) is 0 Å². The summed E-state index contributed by atoms with van der Waals surface area (Å²) in [5.74, 6) is -0.898. The van der Waals surface area contributed by atoms with Gasteiger partial charge >= 0.3 is 19.8 Å². The van der Waals surface area contributed by atoms with Gasteiger partial charge in [-0.25, -0.2) is 4.57 Å². The summed E-state index contributed by atoms with van der Waals surface area (Å²) in [7, 11) is -4.76. The highest BCUT2D eigenvalue weighted by atomic mass is 31.2. The quantitative estimate of drug-likeness (QED) is 0.0272. The average molecular weight is 783 g/mol. The average Bonchev–Trinajstić information content (AvgIpc) is 3.14. The molecule has 0 amide bonds. The largest absolute Gasteiger partial charge is 0.469 e. The monoisotopic (exact) mass is 783 g/mol. The number of allylic oxidation sites excluding steroid dienone is 6. The van der Waals surface area contributed by atoms with E-state index in [1.165, 1.54) is 122 Å². The van der Waals surface area contributed by atoms with Crippen LogP contribution in [0.25, 0.3) is 0 Å². The highest BCUT2D eigenvalue weighted by Gasteiger charge is 2.22. The van der Waals surface area contributed by atoms with Crippen molar-refractivity contribution in [3.63, 3.8) is 0 Å². The molecule has 0 aliphatic carbocycles. The lowest BCUT2D eigenvalue weighted by Crippen LogP contribution is -2.29. The van der Waals surface area contributed by atoms with Gasteiger partial charge in [-0.15, -0.1) is 0 Å². The molecule has 0 saturated carbocycles. The normalized spacial score (nSPS) is 12.7.